The van der Waals surface area contributed by atoms with Gasteiger partial charge in [-0.1, -0.05) is 35.7 Å². The van der Waals surface area contributed by atoms with E-state index in [1.807, 2.05) is 13.0 Å². The highest BCUT2D eigenvalue weighted by Crippen LogP contribution is 2.23. The molecule has 2 rings (SSSR count). The Labute approximate surface area is 117 Å². The van der Waals surface area contributed by atoms with Gasteiger partial charge >= 0.3 is 6.03 Å². The van der Waals surface area contributed by atoms with Crippen molar-refractivity contribution in [1.82, 2.24) is 10.2 Å². The fourth-order valence-electron chi connectivity index (χ4n) is 2.06. The smallest absolute Gasteiger partial charge is 0.277 e. The van der Waals surface area contributed by atoms with Gasteiger partial charge < -0.3 is 0 Å². The first kappa shape index (κ1) is 13.8. The first-order valence-corrected chi connectivity index (χ1v) is 6.17. The Kier molecular flexibility index (Phi) is 3.85. The Morgan fingerprint density at radius 3 is 2.70 bits per heavy atom. The van der Waals surface area contributed by atoms with E-state index in [0.717, 1.165) is 10.5 Å². The van der Waals surface area contributed by atoms with Crippen LogP contribution in [0.1, 0.15) is 24.0 Å². The lowest BCUT2D eigenvalue weighted by Gasteiger charge is -2.29. The van der Waals surface area contributed by atoms with Crippen LogP contribution in [0.4, 0.5) is 4.79 Å². The Hall–Kier alpha value is -2.61. The van der Waals surface area contributed by atoms with Crippen LogP contribution in [0.3, 0.4) is 0 Å². The highest BCUT2D eigenvalue weighted by molar-refractivity contribution is 6.19. The average molecular weight is 270 g/mol. The predicted molar refractivity (Wildman–Crippen MR) is 72.6 cm³/mol. The van der Waals surface area contributed by atoms with Crippen LogP contribution in [0.2, 0.25) is 0 Å². The highest BCUT2D eigenvalue weighted by atomic mass is 16.2. The zero-order valence-corrected chi connectivity index (χ0v) is 11.3. The molecule has 0 saturated carbocycles. The Bertz CT molecular complexity index is 640. The van der Waals surface area contributed by atoms with Crippen LogP contribution in [0.25, 0.3) is 0 Å². The molecule has 0 bridgehead atoms. The molecule has 1 unspecified atom stereocenters. The van der Waals surface area contributed by atoms with Crippen LogP contribution < -0.4 is 5.32 Å². The van der Waals surface area contributed by atoms with Crippen molar-refractivity contribution in [1.29, 1.82) is 0 Å². The van der Waals surface area contributed by atoms with Crippen LogP contribution in [0, 0.1) is 18.8 Å². The van der Waals surface area contributed by atoms with Gasteiger partial charge in [0.15, 0.2) is 0 Å². The molecule has 5 nitrogen and oxygen atoms in total. The zero-order valence-electron chi connectivity index (χ0n) is 11.3. The van der Waals surface area contributed by atoms with E-state index in [-0.39, 0.29) is 6.54 Å². The number of nitrogens with zero attached hydrogens (tertiary/aromatic N) is 1. The molecule has 1 fully saturated rings. The van der Waals surface area contributed by atoms with Crippen molar-refractivity contribution in [2.24, 2.45) is 0 Å². The van der Waals surface area contributed by atoms with Gasteiger partial charge in [-0.3, -0.25) is 19.8 Å². The molecule has 102 valence electrons. The summed E-state index contributed by atoms with van der Waals surface area (Å²) in [7, 11) is 0. The van der Waals surface area contributed by atoms with E-state index in [0.29, 0.717) is 5.56 Å². The van der Waals surface area contributed by atoms with Gasteiger partial charge in [0.25, 0.3) is 0 Å². The third-order valence-corrected chi connectivity index (χ3v) is 3.04. The molecule has 0 radical (unpaired) electrons. The Morgan fingerprint density at radius 1 is 1.30 bits per heavy atom. The number of urea groups is 1. The lowest BCUT2D eigenvalue weighted by Crippen LogP contribution is -2.56. The minimum absolute atomic E-state index is 0.0171. The van der Waals surface area contributed by atoms with Gasteiger partial charge in [-0.2, -0.15) is 0 Å². The molecule has 5 heteroatoms. The van der Waals surface area contributed by atoms with Crippen molar-refractivity contribution in [3.05, 3.63) is 35.4 Å². The van der Waals surface area contributed by atoms with Gasteiger partial charge in [0, 0.05) is 0 Å². The summed E-state index contributed by atoms with van der Waals surface area (Å²) in [5, 5.41) is 2.20. The van der Waals surface area contributed by atoms with E-state index in [4.69, 9.17) is 0 Å². The van der Waals surface area contributed by atoms with Crippen LogP contribution >= 0.6 is 0 Å². The van der Waals surface area contributed by atoms with E-state index >= 15 is 0 Å². The van der Waals surface area contributed by atoms with E-state index in [2.05, 4.69) is 17.2 Å². The number of carbonyl (C=O) groups is 3. The van der Waals surface area contributed by atoms with Gasteiger partial charge in [-0.25, -0.2) is 4.79 Å². The predicted octanol–water partition coefficient (Wildman–Crippen LogP) is 1.18. The minimum atomic E-state index is -0.994. The summed E-state index contributed by atoms with van der Waals surface area (Å²) in [4.78, 5) is 36.9. The summed E-state index contributed by atoms with van der Waals surface area (Å²) < 4.78 is 0. The maximum atomic E-state index is 12.3. The van der Waals surface area contributed by atoms with Crippen molar-refractivity contribution >= 4 is 17.8 Å². The number of carbonyl (C=O) groups excluding carboxylic acids is 3. The zero-order chi connectivity index (χ0) is 14.7. The minimum Gasteiger partial charge on any atom is -0.277 e. The highest BCUT2D eigenvalue weighted by Gasteiger charge is 2.40. The number of barbiturate groups is 1. The fraction of sp³-hybridized carbons (Fsp3) is 0.267. The number of imide groups is 2. The third-order valence-electron chi connectivity index (χ3n) is 3.04. The molecule has 0 spiro atoms. The number of benzene rings is 1. The molecule has 1 aromatic rings. The van der Waals surface area contributed by atoms with Crippen molar-refractivity contribution in [3.63, 3.8) is 0 Å². The van der Waals surface area contributed by atoms with Crippen molar-refractivity contribution < 1.29 is 14.4 Å². The maximum absolute atomic E-state index is 12.3. The number of amides is 4. The number of hydrogen-bond acceptors (Lipinski definition) is 3. The van der Waals surface area contributed by atoms with Crippen molar-refractivity contribution in [2.75, 3.05) is 6.54 Å². The van der Waals surface area contributed by atoms with Crippen LogP contribution in [0.5, 0.6) is 0 Å². The quantitative estimate of drug-likeness (QED) is 0.648. The largest absolute Gasteiger partial charge is 0.331 e. The van der Waals surface area contributed by atoms with Gasteiger partial charge in [0.05, 0.1) is 6.54 Å². The molecule has 0 aliphatic carbocycles. The second-order valence-corrected chi connectivity index (χ2v) is 4.49. The molecular formula is C15H14N2O3. The molecule has 1 heterocycles. The number of rotatable bonds is 2. The summed E-state index contributed by atoms with van der Waals surface area (Å²) in [6.07, 6.45) is 0. The number of nitrogens with one attached hydrogen (secondary N) is 1. The first-order chi connectivity index (χ1) is 9.54. The third kappa shape index (κ3) is 2.54. The van der Waals surface area contributed by atoms with E-state index in [1.54, 1.807) is 25.1 Å². The molecule has 4 amide bonds. The van der Waals surface area contributed by atoms with Gasteiger partial charge in [-0.15, -0.1) is 5.92 Å². The van der Waals surface area contributed by atoms with Crippen LogP contribution in [0.15, 0.2) is 24.3 Å². The van der Waals surface area contributed by atoms with Crippen LogP contribution in [-0.4, -0.2) is 29.3 Å². The molecule has 0 aromatic heterocycles. The van der Waals surface area contributed by atoms with Gasteiger partial charge in [-0.05, 0) is 19.4 Å². The lowest BCUT2D eigenvalue weighted by molar-refractivity contribution is -0.138. The standard InChI is InChI=1S/C15H14N2O3/c1-3-4-8-17-14(19)12(13(18)16-15(17)20)11-7-5-6-10(2)9-11/h5-7,9,12H,8H2,1-2H3,(H,16,18,20). The molecule has 1 atom stereocenters. The topological polar surface area (TPSA) is 66.5 Å². The normalized spacial score (nSPS) is 18.4. The second kappa shape index (κ2) is 5.57. The molecule has 1 aliphatic heterocycles. The van der Waals surface area contributed by atoms with Crippen molar-refractivity contribution in [3.8, 4) is 11.8 Å². The SMILES string of the molecule is CC#CCN1C(=O)NC(=O)C(c2cccc(C)c2)C1=O. The number of aryl methyl sites for hydroxylation is 1. The average Bonchev–Trinajstić information content (AvgIpc) is 2.38. The number of hydrogen-bond donors (Lipinski definition) is 1. The molecular weight excluding hydrogens is 256 g/mol. The monoisotopic (exact) mass is 270 g/mol. The summed E-state index contributed by atoms with van der Waals surface area (Å²) in [6, 6.07) is 6.40. The molecule has 1 aromatic carbocycles. The van der Waals surface area contributed by atoms with Gasteiger partial charge in [0.1, 0.15) is 5.92 Å². The van der Waals surface area contributed by atoms with Gasteiger partial charge in [0.2, 0.25) is 11.8 Å². The van der Waals surface area contributed by atoms with Crippen molar-refractivity contribution in [2.45, 2.75) is 19.8 Å². The van der Waals surface area contributed by atoms with Crippen LogP contribution in [-0.2, 0) is 9.59 Å². The van der Waals surface area contributed by atoms with E-state index < -0.39 is 23.8 Å². The molecule has 1 saturated heterocycles. The summed E-state index contributed by atoms with van der Waals surface area (Å²) in [6.45, 7) is 3.48. The second-order valence-electron chi connectivity index (χ2n) is 4.49. The first-order valence-electron chi connectivity index (χ1n) is 6.17. The summed E-state index contributed by atoms with van der Waals surface area (Å²) in [5.74, 6) is 3.16. The fourth-order valence-corrected chi connectivity index (χ4v) is 2.06. The van der Waals surface area contributed by atoms with E-state index in [1.165, 1.54) is 0 Å². The summed E-state index contributed by atoms with van der Waals surface area (Å²) >= 11 is 0. The molecule has 1 N–H and O–H groups in total. The molecule has 20 heavy (non-hydrogen) atoms. The van der Waals surface area contributed by atoms with E-state index in [9.17, 15) is 14.4 Å². The molecule has 1 aliphatic rings. The Balaban J connectivity index is 2.36. The Morgan fingerprint density at radius 2 is 2.05 bits per heavy atom. The lowest BCUT2D eigenvalue weighted by atomic mass is 9.94. The maximum Gasteiger partial charge on any atom is 0.331 e. The summed E-state index contributed by atoms with van der Waals surface area (Å²) in [5.41, 5.74) is 1.52.